The summed E-state index contributed by atoms with van der Waals surface area (Å²) in [6, 6.07) is 2.92. The van der Waals surface area contributed by atoms with Crippen molar-refractivity contribution in [1.82, 2.24) is 24.5 Å². The Morgan fingerprint density at radius 1 is 1.11 bits per heavy atom. The molecule has 146 valence electrons. The first-order valence-electron chi connectivity index (χ1n) is 10.5. The SMILES string of the molecule is NC[C@H]1C[C@H](n2cc(-c3cc4c(cn3)cnn4C3CC(O)C3)c(C3CC3)n2)C1. The topological polar surface area (TPSA) is 94.8 Å². The average molecular weight is 378 g/mol. The lowest BCUT2D eigenvalue weighted by molar-refractivity contribution is 0.0453. The molecule has 0 bridgehead atoms. The zero-order chi connectivity index (χ0) is 18.8. The lowest BCUT2D eigenvalue weighted by Crippen LogP contribution is -2.32. The highest BCUT2D eigenvalue weighted by molar-refractivity contribution is 5.82. The molecule has 6 rings (SSSR count). The van der Waals surface area contributed by atoms with E-state index in [0.717, 1.165) is 48.8 Å². The predicted octanol–water partition coefficient (Wildman–Crippen LogP) is 2.78. The van der Waals surface area contributed by atoms with E-state index in [1.165, 1.54) is 24.1 Å². The fourth-order valence-electron chi connectivity index (χ4n) is 4.69. The van der Waals surface area contributed by atoms with Crippen molar-refractivity contribution in [3.8, 4) is 11.3 Å². The van der Waals surface area contributed by atoms with E-state index in [9.17, 15) is 5.11 Å². The van der Waals surface area contributed by atoms with Gasteiger partial charge in [-0.05, 0) is 57.1 Å². The van der Waals surface area contributed by atoms with Gasteiger partial charge in [-0.15, -0.1) is 0 Å². The zero-order valence-electron chi connectivity index (χ0n) is 15.9. The molecule has 0 aromatic carbocycles. The number of hydrogen-bond acceptors (Lipinski definition) is 5. The van der Waals surface area contributed by atoms with E-state index in [4.69, 9.17) is 15.8 Å². The Morgan fingerprint density at radius 3 is 2.64 bits per heavy atom. The van der Waals surface area contributed by atoms with Gasteiger partial charge in [0.1, 0.15) is 0 Å². The molecule has 28 heavy (non-hydrogen) atoms. The van der Waals surface area contributed by atoms with Gasteiger partial charge in [0.2, 0.25) is 0 Å². The Morgan fingerprint density at radius 2 is 1.93 bits per heavy atom. The molecule has 3 aliphatic rings. The van der Waals surface area contributed by atoms with E-state index in [2.05, 4.69) is 26.7 Å². The first-order valence-corrected chi connectivity index (χ1v) is 10.5. The first kappa shape index (κ1) is 16.7. The highest BCUT2D eigenvalue weighted by Gasteiger charge is 2.35. The summed E-state index contributed by atoms with van der Waals surface area (Å²) >= 11 is 0. The van der Waals surface area contributed by atoms with E-state index in [1.807, 2.05) is 12.4 Å². The molecular weight excluding hydrogens is 352 g/mol. The lowest BCUT2D eigenvalue weighted by atomic mass is 9.80. The zero-order valence-corrected chi connectivity index (χ0v) is 15.9. The van der Waals surface area contributed by atoms with Crippen LogP contribution in [-0.4, -0.2) is 42.3 Å². The molecule has 0 saturated heterocycles. The summed E-state index contributed by atoms with van der Waals surface area (Å²) in [4.78, 5) is 4.75. The minimum atomic E-state index is -0.190. The maximum absolute atomic E-state index is 9.67. The molecule has 3 aliphatic carbocycles. The van der Waals surface area contributed by atoms with E-state index in [1.54, 1.807) is 0 Å². The monoisotopic (exact) mass is 378 g/mol. The molecule has 0 atom stereocenters. The van der Waals surface area contributed by atoms with Gasteiger partial charge < -0.3 is 10.8 Å². The van der Waals surface area contributed by atoms with E-state index < -0.39 is 0 Å². The Balaban J connectivity index is 1.38. The Bertz CT molecular complexity index is 1020. The number of fused-ring (bicyclic) bond motifs is 1. The number of aliphatic hydroxyl groups excluding tert-OH is 1. The number of hydrogen-bond donors (Lipinski definition) is 2. The maximum atomic E-state index is 9.67. The summed E-state index contributed by atoms with van der Waals surface area (Å²) in [5.74, 6) is 1.22. The number of nitrogens with two attached hydrogens (primary N) is 1. The molecule has 3 aromatic heterocycles. The van der Waals surface area contributed by atoms with Crippen LogP contribution in [0, 0.1) is 5.92 Å². The van der Waals surface area contributed by atoms with Crippen LogP contribution in [0.5, 0.6) is 0 Å². The van der Waals surface area contributed by atoms with Crippen molar-refractivity contribution in [3.05, 3.63) is 30.4 Å². The summed E-state index contributed by atoms with van der Waals surface area (Å²) < 4.78 is 4.23. The van der Waals surface area contributed by atoms with E-state index in [-0.39, 0.29) is 12.1 Å². The molecular formula is C21H26N6O. The van der Waals surface area contributed by atoms with Crippen LogP contribution in [0.1, 0.15) is 62.2 Å². The van der Waals surface area contributed by atoms with Crippen LogP contribution >= 0.6 is 0 Å². The second-order valence-corrected chi connectivity index (χ2v) is 8.91. The average Bonchev–Trinajstić information content (AvgIpc) is 3.26. The quantitative estimate of drug-likeness (QED) is 0.712. The molecule has 0 radical (unpaired) electrons. The van der Waals surface area contributed by atoms with E-state index in [0.29, 0.717) is 17.9 Å². The van der Waals surface area contributed by atoms with Crippen molar-refractivity contribution in [1.29, 1.82) is 0 Å². The third kappa shape index (κ3) is 2.60. The van der Waals surface area contributed by atoms with Crippen LogP contribution in [0.15, 0.2) is 24.7 Å². The fraction of sp³-hybridized carbons (Fsp3) is 0.571. The lowest BCUT2D eigenvalue weighted by Gasteiger charge is -2.34. The summed E-state index contributed by atoms with van der Waals surface area (Å²) in [5.41, 5.74) is 10.3. The fourth-order valence-corrected chi connectivity index (χ4v) is 4.69. The third-order valence-corrected chi connectivity index (χ3v) is 6.83. The number of aromatic nitrogens is 5. The largest absolute Gasteiger partial charge is 0.393 e. The van der Waals surface area contributed by atoms with E-state index >= 15 is 0 Å². The van der Waals surface area contributed by atoms with Crippen molar-refractivity contribution in [2.45, 2.75) is 62.6 Å². The van der Waals surface area contributed by atoms with Crippen LogP contribution in [0.4, 0.5) is 0 Å². The Labute approximate surface area is 163 Å². The molecule has 3 heterocycles. The third-order valence-electron chi connectivity index (χ3n) is 6.83. The summed E-state index contributed by atoms with van der Waals surface area (Å²) in [5, 5.41) is 20.3. The second kappa shape index (κ2) is 6.12. The second-order valence-electron chi connectivity index (χ2n) is 8.91. The standard InChI is InChI=1S/C21H26N6O/c22-8-12-3-15(4-12)26-11-18(21(25-26)13-1-2-13)19-7-20-14(9-23-19)10-24-27(20)16-5-17(28)6-16/h7,9-13,15-17,28H,1-6,8,22H2/t12-,15-,16?,17?. The van der Waals surface area contributed by atoms with Crippen LogP contribution in [0.25, 0.3) is 22.2 Å². The highest BCUT2D eigenvalue weighted by Crippen LogP contribution is 2.45. The Kier molecular flexibility index (Phi) is 3.65. The molecule has 3 N–H and O–H groups in total. The minimum Gasteiger partial charge on any atom is -0.393 e. The maximum Gasteiger partial charge on any atom is 0.0758 e. The Hall–Kier alpha value is -2.25. The molecule has 7 heteroatoms. The van der Waals surface area contributed by atoms with Crippen LogP contribution in [0.2, 0.25) is 0 Å². The van der Waals surface area contributed by atoms with Crippen molar-refractivity contribution < 1.29 is 5.11 Å². The van der Waals surface area contributed by atoms with Crippen molar-refractivity contribution in [3.63, 3.8) is 0 Å². The van der Waals surface area contributed by atoms with Crippen LogP contribution in [-0.2, 0) is 0 Å². The number of pyridine rings is 1. The van der Waals surface area contributed by atoms with Crippen LogP contribution < -0.4 is 5.73 Å². The molecule has 0 unspecified atom stereocenters. The normalized spacial score (nSPS) is 29.6. The van der Waals surface area contributed by atoms with Gasteiger partial charge in [0.25, 0.3) is 0 Å². The van der Waals surface area contributed by atoms with Gasteiger partial charge >= 0.3 is 0 Å². The molecule has 7 nitrogen and oxygen atoms in total. The molecule has 3 aromatic rings. The van der Waals surface area contributed by atoms with Gasteiger partial charge in [0, 0.05) is 29.3 Å². The summed E-state index contributed by atoms with van der Waals surface area (Å²) in [7, 11) is 0. The smallest absolute Gasteiger partial charge is 0.0758 e. The van der Waals surface area contributed by atoms with Gasteiger partial charge in [-0.2, -0.15) is 10.2 Å². The number of nitrogens with zero attached hydrogens (tertiary/aromatic N) is 5. The summed E-state index contributed by atoms with van der Waals surface area (Å²) in [6.45, 7) is 0.776. The molecule has 0 aliphatic heterocycles. The van der Waals surface area contributed by atoms with Gasteiger partial charge in [-0.3, -0.25) is 14.3 Å². The first-order chi connectivity index (χ1) is 13.7. The van der Waals surface area contributed by atoms with Crippen molar-refractivity contribution in [2.75, 3.05) is 6.54 Å². The number of aliphatic hydroxyl groups is 1. The highest BCUT2D eigenvalue weighted by atomic mass is 16.3. The minimum absolute atomic E-state index is 0.190. The van der Waals surface area contributed by atoms with Gasteiger partial charge in [-0.25, -0.2) is 0 Å². The molecule has 3 fully saturated rings. The van der Waals surface area contributed by atoms with Gasteiger partial charge in [-0.1, -0.05) is 0 Å². The molecule has 0 spiro atoms. The molecule has 3 saturated carbocycles. The van der Waals surface area contributed by atoms with Crippen molar-refractivity contribution in [2.24, 2.45) is 11.7 Å². The van der Waals surface area contributed by atoms with Gasteiger partial charge in [0.15, 0.2) is 0 Å². The van der Waals surface area contributed by atoms with Crippen molar-refractivity contribution >= 4 is 10.9 Å². The summed E-state index contributed by atoms with van der Waals surface area (Å²) in [6.07, 6.45) is 12.1. The number of rotatable bonds is 5. The predicted molar refractivity (Wildman–Crippen MR) is 106 cm³/mol. The van der Waals surface area contributed by atoms with Gasteiger partial charge in [0.05, 0.1) is 41.3 Å². The molecule has 0 amide bonds. The van der Waals surface area contributed by atoms with Crippen LogP contribution in [0.3, 0.4) is 0 Å².